The van der Waals surface area contributed by atoms with E-state index in [1.165, 1.54) is 5.56 Å². The monoisotopic (exact) mass is 379 g/mol. The van der Waals surface area contributed by atoms with Crippen LogP contribution in [0.25, 0.3) is 0 Å². The highest BCUT2D eigenvalue weighted by atomic mass is 16.2. The molecular weight excluding hydrogens is 350 g/mol. The van der Waals surface area contributed by atoms with Gasteiger partial charge in [-0.3, -0.25) is 14.7 Å². The summed E-state index contributed by atoms with van der Waals surface area (Å²) >= 11 is 0. The van der Waals surface area contributed by atoms with Crippen LogP contribution in [0.15, 0.2) is 42.7 Å². The van der Waals surface area contributed by atoms with Crippen LogP contribution in [0.4, 0.5) is 5.82 Å². The van der Waals surface area contributed by atoms with Gasteiger partial charge < -0.3 is 9.80 Å². The van der Waals surface area contributed by atoms with Crippen LogP contribution in [0.3, 0.4) is 0 Å². The topological polar surface area (TPSA) is 52.6 Å². The maximum atomic E-state index is 13.1. The van der Waals surface area contributed by atoms with Gasteiger partial charge in [0.25, 0.3) is 0 Å². The van der Waals surface area contributed by atoms with Gasteiger partial charge in [0.1, 0.15) is 5.82 Å². The van der Waals surface area contributed by atoms with Crippen LogP contribution >= 0.6 is 0 Å². The van der Waals surface area contributed by atoms with E-state index in [1.807, 2.05) is 36.7 Å². The summed E-state index contributed by atoms with van der Waals surface area (Å²) in [5, 5.41) is 0. The van der Waals surface area contributed by atoms with E-state index in [-0.39, 0.29) is 5.92 Å². The molecule has 1 amide bonds. The van der Waals surface area contributed by atoms with E-state index in [2.05, 4.69) is 37.7 Å². The molecule has 4 heterocycles. The van der Waals surface area contributed by atoms with E-state index >= 15 is 0 Å². The summed E-state index contributed by atoms with van der Waals surface area (Å²) in [5.74, 6) is 1.38. The van der Waals surface area contributed by atoms with Gasteiger partial charge in [-0.25, -0.2) is 4.98 Å². The lowest BCUT2D eigenvalue weighted by molar-refractivity contribution is -0.137. The summed E-state index contributed by atoms with van der Waals surface area (Å²) in [6.07, 6.45) is 5.71. The Balaban J connectivity index is 1.30. The van der Waals surface area contributed by atoms with Crippen molar-refractivity contribution in [1.82, 2.24) is 19.8 Å². The van der Waals surface area contributed by atoms with Gasteiger partial charge in [-0.05, 0) is 43.5 Å². The molecule has 2 aliphatic rings. The van der Waals surface area contributed by atoms with Gasteiger partial charge in [-0.15, -0.1) is 0 Å². The quantitative estimate of drug-likeness (QED) is 0.816. The second-order valence-electron chi connectivity index (χ2n) is 7.84. The summed E-state index contributed by atoms with van der Waals surface area (Å²) in [6.45, 7) is 8.19. The molecule has 148 valence electrons. The molecule has 0 aromatic carbocycles. The zero-order chi connectivity index (χ0) is 19.3. The molecule has 0 radical (unpaired) electrons. The Bertz CT molecular complexity index is 789. The first-order chi connectivity index (χ1) is 13.7. The van der Waals surface area contributed by atoms with Gasteiger partial charge in [0.05, 0.1) is 11.6 Å². The molecule has 2 aromatic rings. The van der Waals surface area contributed by atoms with Gasteiger partial charge >= 0.3 is 0 Å². The van der Waals surface area contributed by atoms with Crippen LogP contribution in [-0.4, -0.2) is 64.9 Å². The summed E-state index contributed by atoms with van der Waals surface area (Å²) in [7, 11) is 0. The third-order valence-electron chi connectivity index (χ3n) is 5.92. The Morgan fingerprint density at radius 3 is 2.61 bits per heavy atom. The summed E-state index contributed by atoms with van der Waals surface area (Å²) in [5.41, 5.74) is 2.37. The van der Waals surface area contributed by atoms with Crippen molar-refractivity contribution in [3.63, 3.8) is 0 Å². The lowest BCUT2D eigenvalue weighted by Crippen LogP contribution is -2.52. The number of pyridine rings is 2. The van der Waals surface area contributed by atoms with Gasteiger partial charge in [-0.2, -0.15) is 0 Å². The maximum absolute atomic E-state index is 13.1. The molecule has 2 aromatic heterocycles. The molecule has 6 heteroatoms. The predicted molar refractivity (Wildman–Crippen MR) is 110 cm³/mol. The third kappa shape index (κ3) is 4.33. The Labute approximate surface area is 167 Å². The largest absolute Gasteiger partial charge is 0.356 e. The molecule has 0 bridgehead atoms. The predicted octanol–water partition coefficient (Wildman–Crippen LogP) is 2.35. The van der Waals surface area contributed by atoms with Crippen LogP contribution in [0.2, 0.25) is 0 Å². The number of piperidine rings is 1. The minimum Gasteiger partial charge on any atom is -0.356 e. The summed E-state index contributed by atoms with van der Waals surface area (Å²) < 4.78 is 0. The molecular formula is C22H29N5O. The summed E-state index contributed by atoms with van der Waals surface area (Å²) in [4.78, 5) is 28.8. The number of aryl methyl sites for hydroxylation is 1. The highest BCUT2D eigenvalue weighted by Crippen LogP contribution is 2.23. The Kier molecular flexibility index (Phi) is 5.86. The van der Waals surface area contributed by atoms with E-state index in [1.54, 1.807) is 0 Å². The first-order valence-electron chi connectivity index (χ1n) is 10.3. The number of anilines is 1. The van der Waals surface area contributed by atoms with E-state index in [0.29, 0.717) is 5.91 Å². The van der Waals surface area contributed by atoms with Crippen molar-refractivity contribution in [2.45, 2.75) is 26.3 Å². The van der Waals surface area contributed by atoms with Gasteiger partial charge in [0.15, 0.2) is 0 Å². The van der Waals surface area contributed by atoms with Crippen LogP contribution in [0, 0.1) is 12.8 Å². The number of nitrogens with zero attached hydrogens (tertiary/aromatic N) is 5. The van der Waals surface area contributed by atoms with Crippen molar-refractivity contribution in [2.24, 2.45) is 5.92 Å². The van der Waals surface area contributed by atoms with Crippen molar-refractivity contribution >= 4 is 11.7 Å². The SMILES string of the molecule is Cc1cccnc1CN1CCN(C(=O)[C@H]2CCCN(c3ccccn3)C2)CC1. The highest BCUT2D eigenvalue weighted by Gasteiger charge is 2.31. The van der Waals surface area contributed by atoms with Gasteiger partial charge in [0.2, 0.25) is 5.91 Å². The van der Waals surface area contributed by atoms with Gasteiger partial charge in [0, 0.05) is 58.2 Å². The fourth-order valence-electron chi connectivity index (χ4n) is 4.21. The molecule has 6 nitrogen and oxygen atoms in total. The number of hydrogen-bond acceptors (Lipinski definition) is 5. The second-order valence-corrected chi connectivity index (χ2v) is 7.84. The lowest BCUT2D eigenvalue weighted by atomic mass is 9.96. The van der Waals surface area contributed by atoms with Crippen molar-refractivity contribution in [3.8, 4) is 0 Å². The zero-order valence-corrected chi connectivity index (χ0v) is 16.6. The lowest BCUT2D eigenvalue weighted by Gasteiger charge is -2.39. The number of carbonyl (C=O) groups is 1. The molecule has 0 N–H and O–H groups in total. The first kappa shape index (κ1) is 18.9. The fraction of sp³-hybridized carbons (Fsp3) is 0.500. The first-order valence-corrected chi connectivity index (χ1v) is 10.3. The Hall–Kier alpha value is -2.47. The van der Waals surface area contributed by atoms with Crippen LogP contribution < -0.4 is 4.90 Å². The molecule has 0 aliphatic carbocycles. The van der Waals surface area contributed by atoms with Crippen molar-refractivity contribution in [3.05, 3.63) is 54.0 Å². The van der Waals surface area contributed by atoms with Gasteiger partial charge in [-0.1, -0.05) is 12.1 Å². The van der Waals surface area contributed by atoms with Crippen molar-refractivity contribution < 1.29 is 4.79 Å². The molecule has 1 atom stereocenters. The number of aromatic nitrogens is 2. The second kappa shape index (κ2) is 8.69. The molecule has 28 heavy (non-hydrogen) atoms. The van der Waals surface area contributed by atoms with Crippen LogP contribution in [0.5, 0.6) is 0 Å². The molecule has 2 fully saturated rings. The van der Waals surface area contributed by atoms with Crippen molar-refractivity contribution in [1.29, 1.82) is 0 Å². The van der Waals surface area contributed by atoms with E-state index in [9.17, 15) is 4.79 Å². The maximum Gasteiger partial charge on any atom is 0.227 e. The summed E-state index contributed by atoms with van der Waals surface area (Å²) in [6, 6.07) is 10.1. The van der Waals surface area contributed by atoms with E-state index < -0.39 is 0 Å². The minimum atomic E-state index is 0.0836. The minimum absolute atomic E-state index is 0.0836. The zero-order valence-electron chi connectivity index (χ0n) is 16.6. The molecule has 0 spiro atoms. The Morgan fingerprint density at radius 1 is 1.04 bits per heavy atom. The molecule has 0 saturated carbocycles. The van der Waals surface area contributed by atoms with Crippen LogP contribution in [0.1, 0.15) is 24.1 Å². The number of rotatable bonds is 4. The van der Waals surface area contributed by atoms with Crippen molar-refractivity contribution in [2.75, 3.05) is 44.2 Å². The van der Waals surface area contributed by atoms with Crippen LogP contribution in [-0.2, 0) is 11.3 Å². The van der Waals surface area contributed by atoms with E-state index in [0.717, 1.165) is 70.2 Å². The number of hydrogen-bond donors (Lipinski definition) is 0. The molecule has 2 aliphatic heterocycles. The number of carbonyl (C=O) groups excluding carboxylic acids is 1. The molecule has 4 rings (SSSR count). The Morgan fingerprint density at radius 2 is 1.86 bits per heavy atom. The standard InChI is InChI=1S/C22H29N5O/c1-18-6-4-10-23-20(18)17-25-12-14-26(15-13-25)22(28)19-7-5-11-27(16-19)21-8-2-3-9-24-21/h2-4,6,8-10,19H,5,7,11-17H2,1H3/t19-/m0/s1. The van der Waals surface area contributed by atoms with E-state index in [4.69, 9.17) is 0 Å². The molecule has 2 saturated heterocycles. The third-order valence-corrected chi connectivity index (χ3v) is 5.92. The average Bonchev–Trinajstić information content (AvgIpc) is 2.76. The smallest absolute Gasteiger partial charge is 0.227 e. The molecule has 0 unspecified atom stereocenters. The normalized spacial score (nSPS) is 21.0. The number of amides is 1. The fourth-order valence-corrected chi connectivity index (χ4v) is 4.21. The average molecular weight is 380 g/mol. The number of piperazine rings is 1. The highest BCUT2D eigenvalue weighted by molar-refractivity contribution is 5.80.